The van der Waals surface area contributed by atoms with Crippen LogP contribution in [-0.4, -0.2) is 28.1 Å². The molecular weight excluding hydrogens is 392 g/mol. The van der Waals surface area contributed by atoms with Crippen LogP contribution >= 0.6 is 0 Å². The van der Waals surface area contributed by atoms with Gasteiger partial charge >= 0.3 is 5.97 Å². The second-order valence-corrected chi connectivity index (χ2v) is 8.36. The van der Waals surface area contributed by atoms with E-state index in [4.69, 9.17) is 14.5 Å². The highest BCUT2D eigenvalue weighted by atomic mass is 16.6. The molecule has 0 aliphatic heterocycles. The molecule has 0 spiro atoms. The molecule has 0 radical (unpaired) electrons. The largest absolute Gasteiger partial charge is 0.493 e. The Morgan fingerprint density at radius 1 is 1.19 bits per heavy atom. The van der Waals surface area contributed by atoms with Crippen LogP contribution in [0.15, 0.2) is 47.3 Å². The van der Waals surface area contributed by atoms with E-state index in [9.17, 15) is 9.59 Å². The third-order valence-corrected chi connectivity index (χ3v) is 4.48. The van der Waals surface area contributed by atoms with Crippen LogP contribution < -0.4 is 10.3 Å². The molecule has 1 heterocycles. The van der Waals surface area contributed by atoms with Crippen LogP contribution in [0.4, 0.5) is 0 Å². The minimum Gasteiger partial charge on any atom is -0.493 e. The van der Waals surface area contributed by atoms with Gasteiger partial charge in [-0.3, -0.25) is 4.79 Å². The lowest BCUT2D eigenvalue weighted by Gasteiger charge is -2.18. The molecule has 1 aromatic heterocycles. The fourth-order valence-electron chi connectivity index (χ4n) is 3.11. The van der Waals surface area contributed by atoms with Crippen molar-refractivity contribution in [2.75, 3.05) is 6.61 Å². The van der Waals surface area contributed by atoms with Gasteiger partial charge in [0.15, 0.2) is 0 Å². The minimum absolute atomic E-state index is 0.208. The molecule has 0 fully saturated rings. The number of fused-ring (bicyclic) bond motifs is 1. The molecule has 3 rings (SSSR count). The Bertz CT molecular complexity index is 1190. The maximum Gasteiger partial charge on any atom is 0.331 e. The molecule has 0 aliphatic carbocycles. The zero-order valence-corrected chi connectivity index (χ0v) is 18.6. The maximum atomic E-state index is 12.7. The lowest BCUT2D eigenvalue weighted by atomic mass is 10.1. The third kappa shape index (κ3) is 5.60. The van der Waals surface area contributed by atoms with Gasteiger partial charge in [-0.1, -0.05) is 25.1 Å². The van der Waals surface area contributed by atoms with Gasteiger partial charge in [0.25, 0.3) is 5.56 Å². The number of hydrogen-bond donors (Lipinski definition) is 1. The van der Waals surface area contributed by atoms with Gasteiger partial charge in [0, 0.05) is 6.08 Å². The van der Waals surface area contributed by atoms with Crippen molar-refractivity contribution in [3.8, 4) is 17.1 Å². The molecule has 1 N–H and O–H groups in total. The monoisotopic (exact) mass is 420 g/mol. The molecule has 0 amide bonds. The van der Waals surface area contributed by atoms with Crippen molar-refractivity contribution in [2.45, 2.75) is 46.6 Å². The average Bonchev–Trinajstić information content (AvgIpc) is 2.70. The number of ether oxygens (including phenoxy) is 2. The van der Waals surface area contributed by atoms with Gasteiger partial charge in [-0.25, -0.2) is 9.78 Å². The molecule has 0 aliphatic rings. The number of benzene rings is 2. The number of aromatic amines is 1. The van der Waals surface area contributed by atoms with Crippen LogP contribution in [0.25, 0.3) is 28.4 Å². The number of para-hydroxylation sites is 1. The molecule has 0 bridgehead atoms. The molecule has 31 heavy (non-hydrogen) atoms. The summed E-state index contributed by atoms with van der Waals surface area (Å²) in [6.07, 6.45) is 3.91. The van der Waals surface area contributed by atoms with E-state index in [1.54, 1.807) is 12.1 Å². The summed E-state index contributed by atoms with van der Waals surface area (Å²) in [5.74, 6) is 0.617. The Hall–Kier alpha value is -3.41. The predicted octanol–water partition coefficient (Wildman–Crippen LogP) is 5.04. The number of nitrogens with one attached hydrogen (secondary N) is 1. The molecule has 3 aromatic rings. The summed E-state index contributed by atoms with van der Waals surface area (Å²) < 4.78 is 11.2. The highest BCUT2D eigenvalue weighted by Gasteiger charge is 2.15. The Morgan fingerprint density at radius 3 is 2.68 bits per heavy atom. The van der Waals surface area contributed by atoms with Gasteiger partial charge < -0.3 is 14.5 Å². The van der Waals surface area contributed by atoms with Gasteiger partial charge in [-0.15, -0.1) is 0 Å². The summed E-state index contributed by atoms with van der Waals surface area (Å²) in [4.78, 5) is 32.3. The Kier molecular flexibility index (Phi) is 6.59. The highest BCUT2D eigenvalue weighted by molar-refractivity contribution is 5.88. The molecule has 6 heteroatoms. The van der Waals surface area contributed by atoms with Crippen LogP contribution in [0.2, 0.25) is 0 Å². The van der Waals surface area contributed by atoms with Crippen molar-refractivity contribution in [3.63, 3.8) is 0 Å². The fourth-order valence-corrected chi connectivity index (χ4v) is 3.11. The van der Waals surface area contributed by atoms with E-state index in [2.05, 4.69) is 4.98 Å². The lowest BCUT2D eigenvalue weighted by molar-refractivity contribution is -0.148. The Labute approximate surface area is 181 Å². The lowest BCUT2D eigenvalue weighted by Crippen LogP contribution is -2.22. The average molecular weight is 421 g/mol. The van der Waals surface area contributed by atoms with E-state index in [0.717, 1.165) is 17.5 Å². The molecule has 2 aromatic carbocycles. The fraction of sp³-hybridized carbons (Fsp3) is 0.320. The highest BCUT2D eigenvalue weighted by Crippen LogP contribution is 2.30. The van der Waals surface area contributed by atoms with Gasteiger partial charge in [-0.2, -0.15) is 0 Å². The summed E-state index contributed by atoms with van der Waals surface area (Å²) in [6, 6.07) is 11.0. The zero-order valence-electron chi connectivity index (χ0n) is 18.6. The first kappa shape index (κ1) is 22.3. The maximum absolute atomic E-state index is 12.7. The normalized spacial score (nSPS) is 11.8. The van der Waals surface area contributed by atoms with E-state index < -0.39 is 11.6 Å². The first-order valence-electron chi connectivity index (χ1n) is 10.4. The minimum atomic E-state index is -0.559. The second-order valence-electron chi connectivity index (χ2n) is 8.36. The molecule has 0 unspecified atom stereocenters. The number of aryl methyl sites for hydroxylation is 1. The smallest absolute Gasteiger partial charge is 0.331 e. The van der Waals surface area contributed by atoms with E-state index in [0.29, 0.717) is 34.6 Å². The number of carbonyl (C=O) groups excluding carboxylic acids is 1. The van der Waals surface area contributed by atoms with Gasteiger partial charge in [0.2, 0.25) is 0 Å². The standard InChI is InChI=1S/C25H28N2O4/c1-6-14-30-20-12-10-17(11-13-21(28)31-25(3,4)5)15-19(20)23-26-22-16(2)8-7-9-18(22)24(29)27-23/h7-13,15H,6,14H2,1-5H3,(H,26,27,29)/b13-11+. The summed E-state index contributed by atoms with van der Waals surface area (Å²) in [5.41, 5.74) is 2.22. The number of nitrogens with zero attached hydrogens (tertiary/aromatic N) is 1. The van der Waals surface area contributed by atoms with Gasteiger partial charge in [0.05, 0.1) is 23.1 Å². The Morgan fingerprint density at radius 2 is 1.97 bits per heavy atom. The van der Waals surface area contributed by atoms with Crippen LogP contribution in [0.5, 0.6) is 5.75 Å². The van der Waals surface area contributed by atoms with Crippen LogP contribution in [-0.2, 0) is 9.53 Å². The first-order valence-corrected chi connectivity index (χ1v) is 10.4. The summed E-state index contributed by atoms with van der Waals surface area (Å²) in [7, 11) is 0. The molecule has 0 saturated heterocycles. The van der Waals surface area contributed by atoms with Crippen LogP contribution in [0.3, 0.4) is 0 Å². The molecular formula is C25H28N2O4. The molecule has 162 valence electrons. The summed E-state index contributed by atoms with van der Waals surface area (Å²) >= 11 is 0. The number of H-pyrrole nitrogens is 1. The quantitative estimate of drug-likeness (QED) is 0.446. The van der Waals surface area contributed by atoms with Gasteiger partial charge in [0.1, 0.15) is 17.2 Å². The second kappa shape index (κ2) is 9.16. The van der Waals surface area contributed by atoms with Crippen LogP contribution in [0, 0.1) is 6.92 Å². The summed E-state index contributed by atoms with van der Waals surface area (Å²) in [6.45, 7) is 9.95. The van der Waals surface area contributed by atoms with E-state index in [-0.39, 0.29) is 5.56 Å². The topological polar surface area (TPSA) is 81.3 Å². The van der Waals surface area contributed by atoms with Gasteiger partial charge in [-0.05, 0) is 69.5 Å². The van der Waals surface area contributed by atoms with Crippen molar-refractivity contribution in [1.29, 1.82) is 0 Å². The number of esters is 1. The van der Waals surface area contributed by atoms with Crippen molar-refractivity contribution in [2.24, 2.45) is 0 Å². The number of rotatable bonds is 6. The molecule has 6 nitrogen and oxygen atoms in total. The summed E-state index contributed by atoms with van der Waals surface area (Å²) in [5, 5.41) is 0.542. The van der Waals surface area contributed by atoms with Crippen molar-refractivity contribution >= 4 is 22.9 Å². The van der Waals surface area contributed by atoms with Crippen molar-refractivity contribution in [1.82, 2.24) is 9.97 Å². The van der Waals surface area contributed by atoms with Crippen molar-refractivity contribution < 1.29 is 14.3 Å². The number of carbonyl (C=O) groups is 1. The SMILES string of the molecule is CCCOc1ccc(/C=C/C(=O)OC(C)(C)C)cc1-c1nc2c(C)cccc2c(=O)[nH]1. The predicted molar refractivity (Wildman–Crippen MR) is 123 cm³/mol. The number of aromatic nitrogens is 2. The number of hydrogen-bond acceptors (Lipinski definition) is 5. The zero-order chi connectivity index (χ0) is 22.6. The van der Waals surface area contributed by atoms with Crippen molar-refractivity contribution in [3.05, 3.63) is 64.0 Å². The molecule has 0 saturated carbocycles. The molecule has 0 atom stereocenters. The first-order chi connectivity index (χ1) is 14.7. The van der Waals surface area contributed by atoms with E-state index in [1.165, 1.54) is 6.08 Å². The Balaban J connectivity index is 2.06. The third-order valence-electron chi connectivity index (χ3n) is 4.48. The van der Waals surface area contributed by atoms with Crippen LogP contribution in [0.1, 0.15) is 45.2 Å². The van der Waals surface area contributed by atoms with E-state index >= 15 is 0 Å². The van der Waals surface area contributed by atoms with E-state index in [1.807, 2.05) is 65.0 Å².